The molecule has 0 aliphatic heterocycles. The second-order valence-electron chi connectivity index (χ2n) is 7.40. The van der Waals surface area contributed by atoms with Crippen LogP contribution in [-0.2, 0) is 14.3 Å². The topological polar surface area (TPSA) is 43.4 Å². The minimum Gasteiger partial charge on any atom is -0.458 e. The third kappa shape index (κ3) is 3.68. The van der Waals surface area contributed by atoms with Gasteiger partial charge in [0.05, 0.1) is 0 Å². The first-order valence-electron chi connectivity index (χ1n) is 8.38. The molecule has 0 aromatic heterocycles. The van der Waals surface area contributed by atoms with E-state index in [-0.39, 0.29) is 23.8 Å². The highest BCUT2D eigenvalue weighted by molar-refractivity contribution is 5.89. The fraction of sp³-hybridized carbons (Fsp3) is 0.684. The Hall–Kier alpha value is -1.38. The first-order chi connectivity index (χ1) is 10.3. The largest absolute Gasteiger partial charge is 0.458 e. The van der Waals surface area contributed by atoms with Gasteiger partial charge in [0, 0.05) is 11.8 Å². The Morgan fingerprint density at radius 3 is 2.59 bits per heavy atom. The van der Waals surface area contributed by atoms with E-state index in [2.05, 4.69) is 38.2 Å². The van der Waals surface area contributed by atoms with Gasteiger partial charge in [-0.3, -0.25) is 9.59 Å². The van der Waals surface area contributed by atoms with Crippen LogP contribution in [0.3, 0.4) is 0 Å². The number of ether oxygens (including phenoxy) is 1. The van der Waals surface area contributed by atoms with Crippen molar-refractivity contribution in [3.05, 3.63) is 24.3 Å². The molecule has 0 amide bonds. The zero-order valence-corrected chi connectivity index (χ0v) is 14.1. The lowest BCUT2D eigenvalue weighted by Crippen LogP contribution is -2.40. The molecule has 0 saturated heterocycles. The van der Waals surface area contributed by atoms with Crippen molar-refractivity contribution in [3.8, 4) is 0 Å². The van der Waals surface area contributed by atoms with Gasteiger partial charge in [-0.25, -0.2) is 0 Å². The molecule has 2 rings (SSSR count). The summed E-state index contributed by atoms with van der Waals surface area (Å²) in [5.74, 6) is 0.264. The van der Waals surface area contributed by atoms with Crippen LogP contribution in [0.25, 0.3) is 0 Å². The Bertz CT molecular complexity index is 487. The number of carbonyl (C=O) groups is 2. The third-order valence-corrected chi connectivity index (χ3v) is 5.54. The van der Waals surface area contributed by atoms with E-state index < -0.39 is 5.41 Å². The number of esters is 1. The molecule has 0 saturated carbocycles. The molecular weight excluding hydrogens is 276 g/mol. The summed E-state index contributed by atoms with van der Waals surface area (Å²) >= 11 is 0. The average molecular weight is 304 g/mol. The summed E-state index contributed by atoms with van der Waals surface area (Å²) in [6.07, 6.45) is 14.0. The van der Waals surface area contributed by atoms with Crippen molar-refractivity contribution < 1.29 is 14.3 Å². The van der Waals surface area contributed by atoms with E-state index in [1.54, 1.807) is 0 Å². The maximum absolute atomic E-state index is 12.5. The molecule has 0 bridgehead atoms. The molecule has 2 aliphatic rings. The van der Waals surface area contributed by atoms with Crippen molar-refractivity contribution in [1.82, 2.24) is 0 Å². The number of carbonyl (C=O) groups excluding carboxylic acids is 2. The number of hydrogen-bond acceptors (Lipinski definition) is 3. The van der Waals surface area contributed by atoms with Crippen LogP contribution in [0.5, 0.6) is 0 Å². The molecule has 2 aliphatic carbocycles. The van der Waals surface area contributed by atoms with E-state index in [1.807, 2.05) is 6.92 Å². The van der Waals surface area contributed by atoms with Gasteiger partial charge in [-0.2, -0.15) is 0 Å². The van der Waals surface area contributed by atoms with Crippen LogP contribution in [-0.4, -0.2) is 18.4 Å². The summed E-state index contributed by atoms with van der Waals surface area (Å²) in [6.45, 7) is 5.99. The number of ketones is 1. The summed E-state index contributed by atoms with van der Waals surface area (Å²) < 4.78 is 5.23. The van der Waals surface area contributed by atoms with Crippen LogP contribution in [0.15, 0.2) is 24.3 Å². The fourth-order valence-electron chi connectivity index (χ4n) is 3.31. The molecule has 0 spiro atoms. The molecule has 3 nitrogen and oxygen atoms in total. The molecule has 22 heavy (non-hydrogen) atoms. The van der Waals surface area contributed by atoms with Gasteiger partial charge in [0.25, 0.3) is 0 Å². The van der Waals surface area contributed by atoms with Crippen molar-refractivity contribution in [3.63, 3.8) is 0 Å². The highest BCUT2D eigenvalue weighted by atomic mass is 16.5. The van der Waals surface area contributed by atoms with Gasteiger partial charge in [0.2, 0.25) is 0 Å². The summed E-state index contributed by atoms with van der Waals surface area (Å²) in [7, 11) is 0. The minimum absolute atomic E-state index is 0.0217. The Morgan fingerprint density at radius 2 is 2.00 bits per heavy atom. The Kier molecular flexibility index (Phi) is 5.25. The zero-order chi connectivity index (χ0) is 16.2. The van der Waals surface area contributed by atoms with Crippen molar-refractivity contribution in [2.75, 3.05) is 6.61 Å². The molecule has 0 fully saturated rings. The maximum Gasteiger partial charge on any atom is 0.306 e. The van der Waals surface area contributed by atoms with Gasteiger partial charge in [0.15, 0.2) is 12.4 Å². The maximum atomic E-state index is 12.5. The normalized spacial score (nSPS) is 29.5. The highest BCUT2D eigenvalue weighted by Crippen LogP contribution is 2.48. The lowest BCUT2D eigenvalue weighted by atomic mass is 9.66. The second kappa shape index (κ2) is 6.80. The van der Waals surface area contributed by atoms with Crippen molar-refractivity contribution in [2.24, 2.45) is 16.7 Å². The van der Waals surface area contributed by atoms with Crippen LogP contribution in [0.1, 0.15) is 59.3 Å². The van der Waals surface area contributed by atoms with E-state index in [0.717, 1.165) is 25.7 Å². The van der Waals surface area contributed by atoms with E-state index in [4.69, 9.17) is 4.74 Å². The van der Waals surface area contributed by atoms with Crippen LogP contribution >= 0.6 is 0 Å². The summed E-state index contributed by atoms with van der Waals surface area (Å²) in [6, 6.07) is 0. The minimum atomic E-state index is -0.459. The van der Waals surface area contributed by atoms with Gasteiger partial charge < -0.3 is 4.74 Å². The smallest absolute Gasteiger partial charge is 0.306 e. The molecule has 1 unspecified atom stereocenters. The molecule has 0 aromatic rings. The summed E-state index contributed by atoms with van der Waals surface area (Å²) in [4.78, 5) is 24.3. The van der Waals surface area contributed by atoms with Gasteiger partial charge in [-0.1, -0.05) is 45.1 Å². The molecule has 0 radical (unpaired) electrons. The molecular formula is C19H28O3. The molecule has 0 heterocycles. The quantitative estimate of drug-likeness (QED) is 0.545. The third-order valence-electron chi connectivity index (χ3n) is 5.54. The standard InChI is InChI=1S/C19H28O3/c1-18(2)12-7-13-19(18,3)16(20)14-22-17(21)11-10-15-8-5-4-6-9-15/h5,7-8,12,15H,4,6,9-11,13-14H2,1-3H3/t15?,19-/m1/s1. The average Bonchev–Trinajstić information content (AvgIpc) is 2.78. The summed E-state index contributed by atoms with van der Waals surface area (Å²) in [5.41, 5.74) is -0.636. The van der Waals surface area contributed by atoms with E-state index >= 15 is 0 Å². The van der Waals surface area contributed by atoms with Crippen LogP contribution in [0, 0.1) is 16.7 Å². The summed E-state index contributed by atoms with van der Waals surface area (Å²) in [5, 5.41) is 0. The van der Waals surface area contributed by atoms with Crippen LogP contribution in [0.2, 0.25) is 0 Å². The van der Waals surface area contributed by atoms with Crippen molar-refractivity contribution in [1.29, 1.82) is 0 Å². The molecule has 0 aromatic carbocycles. The lowest BCUT2D eigenvalue weighted by molar-refractivity contribution is -0.152. The Morgan fingerprint density at radius 1 is 1.23 bits per heavy atom. The Labute approximate surface area is 133 Å². The number of allylic oxidation sites excluding steroid dienone is 4. The predicted octanol–water partition coefficient (Wildman–Crippen LogP) is 4.23. The van der Waals surface area contributed by atoms with Crippen molar-refractivity contribution in [2.45, 2.75) is 59.3 Å². The van der Waals surface area contributed by atoms with E-state index in [9.17, 15) is 9.59 Å². The lowest BCUT2D eigenvalue weighted by Gasteiger charge is -2.36. The number of Topliss-reactive ketones (excluding diaryl/α,β-unsaturated/α-hetero) is 1. The fourth-order valence-corrected chi connectivity index (χ4v) is 3.31. The van der Waals surface area contributed by atoms with Crippen molar-refractivity contribution >= 4 is 11.8 Å². The zero-order valence-electron chi connectivity index (χ0n) is 14.1. The first kappa shape index (κ1) is 17.0. The molecule has 0 N–H and O–H groups in total. The molecule has 122 valence electrons. The van der Waals surface area contributed by atoms with Gasteiger partial charge >= 0.3 is 5.97 Å². The monoisotopic (exact) mass is 304 g/mol. The predicted molar refractivity (Wildman–Crippen MR) is 87.3 cm³/mol. The van der Waals surface area contributed by atoms with E-state index in [1.165, 1.54) is 6.42 Å². The van der Waals surface area contributed by atoms with Crippen LogP contribution < -0.4 is 0 Å². The molecule has 2 atom stereocenters. The number of rotatable bonds is 6. The highest BCUT2D eigenvalue weighted by Gasteiger charge is 2.47. The first-order valence-corrected chi connectivity index (χ1v) is 8.38. The number of hydrogen-bond donors (Lipinski definition) is 0. The van der Waals surface area contributed by atoms with E-state index in [0.29, 0.717) is 12.3 Å². The molecule has 3 heteroatoms. The Balaban J connectivity index is 1.75. The van der Waals surface area contributed by atoms with Gasteiger partial charge in [-0.15, -0.1) is 0 Å². The van der Waals surface area contributed by atoms with Crippen LogP contribution in [0.4, 0.5) is 0 Å². The van der Waals surface area contributed by atoms with Gasteiger partial charge in [0.1, 0.15) is 0 Å². The second-order valence-corrected chi connectivity index (χ2v) is 7.40. The SMILES string of the molecule is CC1(C)C=CC[C@]1(C)C(=O)COC(=O)CCC1C=CCCC1. The van der Waals surface area contributed by atoms with Gasteiger partial charge in [-0.05, 0) is 43.4 Å².